The van der Waals surface area contributed by atoms with E-state index in [-0.39, 0.29) is 17.9 Å². The van der Waals surface area contributed by atoms with Crippen LogP contribution in [-0.2, 0) is 6.54 Å². The Hall–Kier alpha value is -3.49. The van der Waals surface area contributed by atoms with Crippen molar-refractivity contribution < 1.29 is 23.5 Å². The lowest BCUT2D eigenvalue weighted by atomic mass is 9.97. The lowest BCUT2D eigenvalue weighted by Crippen LogP contribution is -2.44. The maximum atomic E-state index is 13.0. The molecule has 0 atom stereocenters. The zero-order valence-corrected chi connectivity index (χ0v) is 18.3. The quantitative estimate of drug-likeness (QED) is 0.609. The molecule has 0 unspecified atom stereocenters. The number of anilines is 1. The largest absolute Gasteiger partial charge is 0.493 e. The normalized spacial score (nSPS) is 13.9. The minimum atomic E-state index is -0.343. The van der Waals surface area contributed by atoms with E-state index < -0.39 is 0 Å². The molecule has 0 aromatic heterocycles. The Labute approximate surface area is 187 Å². The average Bonchev–Trinajstić information content (AvgIpc) is 2.82. The van der Waals surface area contributed by atoms with Gasteiger partial charge >= 0.3 is 12.1 Å². The van der Waals surface area contributed by atoms with Crippen molar-refractivity contribution in [2.24, 2.45) is 5.92 Å². The summed E-state index contributed by atoms with van der Waals surface area (Å²) < 4.78 is 23.5. The lowest BCUT2D eigenvalue weighted by molar-refractivity contribution is 0.181. The molecule has 0 bridgehead atoms. The predicted molar refractivity (Wildman–Crippen MR) is 120 cm³/mol. The predicted octanol–water partition coefficient (Wildman–Crippen LogP) is 3.59. The third kappa shape index (κ3) is 6.50. The van der Waals surface area contributed by atoms with Gasteiger partial charge in [0.25, 0.3) is 0 Å². The molecule has 0 radical (unpaired) electrons. The summed E-state index contributed by atoms with van der Waals surface area (Å²) in [4.78, 5) is 26.2. The molecule has 0 spiro atoms. The van der Waals surface area contributed by atoms with E-state index in [4.69, 9.17) is 9.47 Å². The van der Waals surface area contributed by atoms with Crippen molar-refractivity contribution in [2.75, 3.05) is 39.2 Å². The number of carbonyl (C=O) groups is 2. The van der Waals surface area contributed by atoms with E-state index in [0.717, 1.165) is 18.4 Å². The molecule has 0 aliphatic carbocycles. The Morgan fingerprint density at radius 1 is 1.00 bits per heavy atom. The molecule has 2 aromatic rings. The molecule has 32 heavy (non-hydrogen) atoms. The van der Waals surface area contributed by atoms with E-state index in [1.54, 1.807) is 25.2 Å². The third-order valence-corrected chi connectivity index (χ3v) is 5.45. The van der Waals surface area contributed by atoms with Crippen LogP contribution in [0.3, 0.4) is 0 Å². The van der Waals surface area contributed by atoms with Gasteiger partial charge in [0.1, 0.15) is 5.82 Å². The third-order valence-electron chi connectivity index (χ3n) is 5.45. The first-order valence-electron chi connectivity index (χ1n) is 10.5. The summed E-state index contributed by atoms with van der Waals surface area (Å²) in [6, 6.07) is 10.7. The molecule has 1 saturated heterocycles. The number of piperidine rings is 1. The number of amides is 4. The van der Waals surface area contributed by atoms with E-state index in [9.17, 15) is 14.0 Å². The molecule has 2 aromatic carbocycles. The first-order chi connectivity index (χ1) is 15.5. The van der Waals surface area contributed by atoms with Gasteiger partial charge in [0.05, 0.1) is 14.2 Å². The first kappa shape index (κ1) is 23.2. The van der Waals surface area contributed by atoms with Gasteiger partial charge in [-0.2, -0.15) is 0 Å². The number of ether oxygens (including phenoxy) is 2. The van der Waals surface area contributed by atoms with Crippen LogP contribution in [0.15, 0.2) is 42.5 Å². The maximum Gasteiger partial charge on any atom is 0.321 e. The van der Waals surface area contributed by atoms with Crippen LogP contribution in [0.1, 0.15) is 18.4 Å². The number of hydrogen-bond donors (Lipinski definition) is 3. The fourth-order valence-corrected chi connectivity index (χ4v) is 3.55. The van der Waals surface area contributed by atoms with Gasteiger partial charge in [-0.1, -0.05) is 6.07 Å². The summed E-state index contributed by atoms with van der Waals surface area (Å²) in [5.41, 5.74) is 1.46. The number of methoxy groups -OCH3 is 2. The molecule has 3 rings (SSSR count). The van der Waals surface area contributed by atoms with Crippen LogP contribution in [0.2, 0.25) is 0 Å². The summed E-state index contributed by atoms with van der Waals surface area (Å²) >= 11 is 0. The second-order valence-corrected chi connectivity index (χ2v) is 7.62. The van der Waals surface area contributed by atoms with Crippen LogP contribution >= 0.6 is 0 Å². The van der Waals surface area contributed by atoms with Gasteiger partial charge < -0.3 is 30.3 Å². The smallest absolute Gasteiger partial charge is 0.321 e. The Bertz CT molecular complexity index is 915. The molecule has 1 fully saturated rings. The lowest BCUT2D eigenvalue weighted by Gasteiger charge is -2.32. The second-order valence-electron chi connectivity index (χ2n) is 7.62. The van der Waals surface area contributed by atoms with Gasteiger partial charge in [-0.25, -0.2) is 14.0 Å². The maximum absolute atomic E-state index is 13.0. The zero-order valence-electron chi connectivity index (χ0n) is 18.3. The van der Waals surface area contributed by atoms with Crippen molar-refractivity contribution in [2.45, 2.75) is 19.4 Å². The Morgan fingerprint density at radius 3 is 2.34 bits per heavy atom. The van der Waals surface area contributed by atoms with Crippen molar-refractivity contribution >= 4 is 17.7 Å². The van der Waals surface area contributed by atoms with Gasteiger partial charge in [0.2, 0.25) is 0 Å². The molecular formula is C23H29FN4O4. The number of nitrogens with zero attached hydrogens (tertiary/aromatic N) is 1. The summed E-state index contributed by atoms with van der Waals surface area (Å²) in [6.45, 7) is 2.12. The van der Waals surface area contributed by atoms with Crippen molar-refractivity contribution in [1.29, 1.82) is 0 Å². The topological polar surface area (TPSA) is 91.9 Å². The van der Waals surface area contributed by atoms with E-state index in [0.29, 0.717) is 49.3 Å². The van der Waals surface area contributed by atoms with Crippen LogP contribution in [0.4, 0.5) is 19.7 Å². The average molecular weight is 445 g/mol. The number of nitrogens with one attached hydrogen (secondary N) is 3. The summed E-state index contributed by atoms with van der Waals surface area (Å²) in [7, 11) is 3.14. The highest BCUT2D eigenvalue weighted by atomic mass is 19.1. The number of benzene rings is 2. The van der Waals surface area contributed by atoms with E-state index in [1.807, 2.05) is 12.1 Å². The molecule has 8 nitrogen and oxygen atoms in total. The van der Waals surface area contributed by atoms with Crippen LogP contribution in [0.5, 0.6) is 11.5 Å². The number of rotatable bonds is 7. The van der Waals surface area contributed by atoms with E-state index in [1.165, 1.54) is 24.3 Å². The van der Waals surface area contributed by atoms with Gasteiger partial charge in [-0.3, -0.25) is 0 Å². The highest BCUT2D eigenvalue weighted by Gasteiger charge is 2.23. The molecule has 1 heterocycles. The molecule has 0 saturated carbocycles. The van der Waals surface area contributed by atoms with Crippen molar-refractivity contribution in [3.05, 3.63) is 53.8 Å². The molecule has 172 valence electrons. The monoisotopic (exact) mass is 444 g/mol. The van der Waals surface area contributed by atoms with Gasteiger partial charge in [0.15, 0.2) is 11.5 Å². The van der Waals surface area contributed by atoms with Crippen molar-refractivity contribution in [3.8, 4) is 11.5 Å². The number of urea groups is 2. The Kier molecular flexibility index (Phi) is 8.13. The molecular weight excluding hydrogens is 415 g/mol. The van der Waals surface area contributed by atoms with E-state index >= 15 is 0 Å². The first-order valence-corrected chi connectivity index (χ1v) is 10.5. The highest BCUT2D eigenvalue weighted by molar-refractivity contribution is 5.89. The molecule has 4 amide bonds. The zero-order chi connectivity index (χ0) is 22.9. The van der Waals surface area contributed by atoms with Crippen molar-refractivity contribution in [1.82, 2.24) is 15.5 Å². The highest BCUT2D eigenvalue weighted by Crippen LogP contribution is 2.27. The van der Waals surface area contributed by atoms with Gasteiger partial charge in [0, 0.05) is 31.9 Å². The van der Waals surface area contributed by atoms with Gasteiger partial charge in [-0.15, -0.1) is 0 Å². The number of carbonyl (C=O) groups excluding carboxylic acids is 2. The van der Waals surface area contributed by atoms with Crippen LogP contribution in [0, 0.1) is 11.7 Å². The van der Waals surface area contributed by atoms with Gasteiger partial charge in [-0.05, 0) is 60.7 Å². The molecule has 1 aliphatic heterocycles. The summed E-state index contributed by atoms with van der Waals surface area (Å²) in [6.07, 6.45) is 1.60. The van der Waals surface area contributed by atoms with Crippen LogP contribution in [0.25, 0.3) is 0 Å². The number of hydrogen-bond acceptors (Lipinski definition) is 4. The fraction of sp³-hybridized carbons (Fsp3) is 0.391. The molecule has 9 heteroatoms. The summed E-state index contributed by atoms with van der Waals surface area (Å²) in [5, 5.41) is 8.52. The van der Waals surface area contributed by atoms with E-state index in [2.05, 4.69) is 16.0 Å². The molecule has 3 N–H and O–H groups in total. The van der Waals surface area contributed by atoms with Crippen molar-refractivity contribution in [3.63, 3.8) is 0 Å². The molecule has 1 aliphatic rings. The van der Waals surface area contributed by atoms with Crippen LogP contribution < -0.4 is 25.4 Å². The fourth-order valence-electron chi connectivity index (χ4n) is 3.55. The standard InChI is InChI=1S/C23H29FN4O4/c1-31-20-8-3-17(13-21(20)32-2)15-26-22(29)25-14-16-9-11-28(12-10-16)23(30)27-19-6-4-18(24)5-7-19/h3-8,13,16H,9-12,14-15H2,1-2H3,(H,27,30)(H2,25,26,29). The number of halogens is 1. The second kappa shape index (κ2) is 11.2. The minimum absolute atomic E-state index is 0.198. The minimum Gasteiger partial charge on any atom is -0.493 e. The number of likely N-dealkylation sites (tertiary alicyclic amines) is 1. The Balaban J connectivity index is 1.36. The Morgan fingerprint density at radius 2 is 1.69 bits per heavy atom. The van der Waals surface area contributed by atoms with Crippen LogP contribution in [-0.4, -0.2) is 50.8 Å². The summed E-state index contributed by atoms with van der Waals surface area (Å²) in [5.74, 6) is 1.21. The SMILES string of the molecule is COc1ccc(CNC(=O)NCC2CCN(C(=O)Nc3ccc(F)cc3)CC2)cc1OC.